The van der Waals surface area contributed by atoms with Gasteiger partial charge >= 0.3 is 0 Å². The van der Waals surface area contributed by atoms with Crippen LogP contribution in [0, 0.1) is 25.6 Å². The Hall–Kier alpha value is -2.04. The largest absolute Gasteiger partial charge is 0.335 e. The summed E-state index contributed by atoms with van der Waals surface area (Å²) in [6.07, 6.45) is 6.94. The van der Waals surface area contributed by atoms with Gasteiger partial charge in [-0.1, -0.05) is 12.8 Å². The van der Waals surface area contributed by atoms with Gasteiger partial charge < -0.3 is 4.90 Å². The molecule has 1 amide bonds. The standard InChI is InChI=1S/C20H24FN3O/c1-12-13(2)23-19-16(10-15(21)11-17(19)22-12)20(25)24-9-5-7-14-6-3-4-8-18(14)24/h10-11,14,18H,3-9H2,1-2H3/t14-,18-/m0/s1. The first-order valence-corrected chi connectivity index (χ1v) is 9.30. The number of halogens is 1. The predicted octanol–water partition coefficient (Wildman–Crippen LogP) is 4.18. The maximum absolute atomic E-state index is 14.2. The number of nitrogens with zero attached hydrogens (tertiary/aromatic N) is 3. The Morgan fingerprint density at radius 2 is 1.80 bits per heavy atom. The lowest BCUT2D eigenvalue weighted by molar-refractivity contribution is 0.0392. The van der Waals surface area contributed by atoms with Crippen molar-refractivity contribution in [3.8, 4) is 0 Å². The van der Waals surface area contributed by atoms with Gasteiger partial charge in [0.05, 0.1) is 22.5 Å². The van der Waals surface area contributed by atoms with Crippen LogP contribution in [-0.2, 0) is 0 Å². The second-order valence-electron chi connectivity index (χ2n) is 7.47. The van der Waals surface area contributed by atoms with Gasteiger partial charge in [0, 0.05) is 18.7 Å². The minimum atomic E-state index is -0.425. The molecular formula is C20H24FN3O. The summed E-state index contributed by atoms with van der Waals surface area (Å²) < 4.78 is 14.2. The number of rotatable bonds is 1. The molecule has 1 saturated heterocycles. The van der Waals surface area contributed by atoms with E-state index in [0.29, 0.717) is 28.6 Å². The molecule has 4 nitrogen and oxygen atoms in total. The predicted molar refractivity (Wildman–Crippen MR) is 95.0 cm³/mol. The van der Waals surface area contributed by atoms with Gasteiger partial charge in [0.1, 0.15) is 11.3 Å². The molecule has 1 aromatic carbocycles. The van der Waals surface area contributed by atoms with Gasteiger partial charge in [-0.05, 0) is 51.5 Å². The van der Waals surface area contributed by atoms with E-state index in [9.17, 15) is 9.18 Å². The molecule has 0 N–H and O–H groups in total. The molecule has 0 unspecified atom stereocenters. The van der Waals surface area contributed by atoms with Crippen LogP contribution in [0.2, 0.25) is 0 Å². The van der Waals surface area contributed by atoms with E-state index >= 15 is 0 Å². The number of aryl methyl sites for hydroxylation is 2. The molecule has 0 bridgehead atoms. The first kappa shape index (κ1) is 16.4. The topological polar surface area (TPSA) is 46.1 Å². The zero-order chi connectivity index (χ0) is 17.6. The summed E-state index contributed by atoms with van der Waals surface area (Å²) in [6, 6.07) is 3.00. The molecule has 1 aromatic heterocycles. The summed E-state index contributed by atoms with van der Waals surface area (Å²) in [7, 11) is 0. The van der Waals surface area contributed by atoms with E-state index in [1.807, 2.05) is 18.7 Å². The van der Waals surface area contributed by atoms with E-state index in [1.165, 1.54) is 37.8 Å². The molecule has 0 spiro atoms. The number of benzene rings is 1. The summed E-state index contributed by atoms with van der Waals surface area (Å²) in [5.74, 6) is 0.0885. The van der Waals surface area contributed by atoms with Crippen molar-refractivity contribution >= 4 is 16.9 Å². The van der Waals surface area contributed by atoms with Crippen molar-refractivity contribution in [2.75, 3.05) is 6.54 Å². The molecule has 1 saturated carbocycles. The SMILES string of the molecule is Cc1nc2cc(F)cc(C(=O)N3CCC[C@@H]4CCCC[C@@H]43)c2nc1C. The summed E-state index contributed by atoms with van der Waals surface area (Å²) in [5.41, 5.74) is 2.89. The van der Waals surface area contributed by atoms with Gasteiger partial charge in [-0.15, -0.1) is 0 Å². The molecule has 5 heteroatoms. The summed E-state index contributed by atoms with van der Waals surface area (Å²) in [4.78, 5) is 24.3. The minimum Gasteiger partial charge on any atom is -0.335 e. The van der Waals surface area contributed by atoms with E-state index in [2.05, 4.69) is 9.97 Å². The van der Waals surface area contributed by atoms with Crippen LogP contribution < -0.4 is 0 Å². The molecule has 2 aliphatic rings. The Balaban J connectivity index is 1.78. The molecule has 4 rings (SSSR count). The average molecular weight is 341 g/mol. The van der Waals surface area contributed by atoms with Crippen LogP contribution in [0.15, 0.2) is 12.1 Å². The van der Waals surface area contributed by atoms with Crippen LogP contribution in [0.1, 0.15) is 60.3 Å². The lowest BCUT2D eigenvalue weighted by Crippen LogP contribution is -2.49. The molecule has 1 aliphatic carbocycles. The van der Waals surface area contributed by atoms with Crippen LogP contribution in [0.4, 0.5) is 4.39 Å². The lowest BCUT2D eigenvalue weighted by Gasteiger charge is -2.44. The molecular weight excluding hydrogens is 317 g/mol. The van der Waals surface area contributed by atoms with Crippen LogP contribution in [0.3, 0.4) is 0 Å². The Morgan fingerprint density at radius 1 is 1.08 bits per heavy atom. The van der Waals surface area contributed by atoms with E-state index in [-0.39, 0.29) is 5.91 Å². The highest BCUT2D eigenvalue weighted by Crippen LogP contribution is 2.36. The molecule has 2 aromatic rings. The van der Waals surface area contributed by atoms with Gasteiger partial charge in [-0.2, -0.15) is 0 Å². The second-order valence-corrected chi connectivity index (χ2v) is 7.47. The highest BCUT2D eigenvalue weighted by atomic mass is 19.1. The summed E-state index contributed by atoms with van der Waals surface area (Å²) in [5, 5.41) is 0. The van der Waals surface area contributed by atoms with Crippen molar-refractivity contribution in [3.05, 3.63) is 34.9 Å². The van der Waals surface area contributed by atoms with Crippen LogP contribution in [-0.4, -0.2) is 33.4 Å². The normalized spacial score (nSPS) is 23.6. The maximum Gasteiger partial charge on any atom is 0.256 e. The van der Waals surface area contributed by atoms with E-state index < -0.39 is 5.82 Å². The summed E-state index contributed by atoms with van der Waals surface area (Å²) >= 11 is 0. The van der Waals surface area contributed by atoms with Crippen molar-refractivity contribution in [2.45, 2.75) is 58.4 Å². The van der Waals surface area contributed by atoms with Crippen molar-refractivity contribution < 1.29 is 9.18 Å². The number of carbonyl (C=O) groups is 1. The quantitative estimate of drug-likeness (QED) is 0.782. The number of piperidine rings is 1. The lowest BCUT2D eigenvalue weighted by atomic mass is 9.78. The fourth-order valence-electron chi connectivity index (χ4n) is 4.49. The number of hydrogen-bond donors (Lipinski definition) is 0. The molecule has 2 atom stereocenters. The number of fused-ring (bicyclic) bond motifs is 2. The fraction of sp³-hybridized carbons (Fsp3) is 0.550. The van der Waals surface area contributed by atoms with Crippen LogP contribution in [0.25, 0.3) is 11.0 Å². The first-order valence-electron chi connectivity index (χ1n) is 9.30. The van der Waals surface area contributed by atoms with Crippen molar-refractivity contribution in [1.29, 1.82) is 0 Å². The van der Waals surface area contributed by atoms with E-state index in [4.69, 9.17) is 0 Å². The zero-order valence-corrected chi connectivity index (χ0v) is 14.9. The Morgan fingerprint density at radius 3 is 2.64 bits per heavy atom. The Bertz CT molecular complexity index is 833. The van der Waals surface area contributed by atoms with Crippen LogP contribution in [0.5, 0.6) is 0 Å². The average Bonchev–Trinajstić information content (AvgIpc) is 2.61. The Labute approximate surface area is 147 Å². The molecule has 1 aliphatic heterocycles. The molecule has 0 radical (unpaired) electrons. The smallest absolute Gasteiger partial charge is 0.256 e. The van der Waals surface area contributed by atoms with Gasteiger partial charge in [0.25, 0.3) is 5.91 Å². The van der Waals surface area contributed by atoms with E-state index in [0.717, 1.165) is 30.8 Å². The number of carbonyl (C=O) groups excluding carboxylic acids is 1. The monoisotopic (exact) mass is 341 g/mol. The van der Waals surface area contributed by atoms with Gasteiger partial charge in [-0.25, -0.2) is 14.4 Å². The zero-order valence-electron chi connectivity index (χ0n) is 14.9. The third kappa shape index (κ3) is 2.90. The maximum atomic E-state index is 14.2. The fourth-order valence-corrected chi connectivity index (χ4v) is 4.49. The van der Waals surface area contributed by atoms with Gasteiger partial charge in [-0.3, -0.25) is 4.79 Å². The van der Waals surface area contributed by atoms with Gasteiger partial charge in [0.2, 0.25) is 0 Å². The summed E-state index contributed by atoms with van der Waals surface area (Å²) in [6.45, 7) is 4.49. The van der Waals surface area contributed by atoms with Gasteiger partial charge in [0.15, 0.2) is 0 Å². The van der Waals surface area contributed by atoms with Crippen LogP contribution >= 0.6 is 0 Å². The molecule has 25 heavy (non-hydrogen) atoms. The van der Waals surface area contributed by atoms with Crippen molar-refractivity contribution in [2.24, 2.45) is 5.92 Å². The number of hydrogen-bond acceptors (Lipinski definition) is 3. The molecule has 132 valence electrons. The highest BCUT2D eigenvalue weighted by molar-refractivity contribution is 6.05. The van der Waals surface area contributed by atoms with Crippen molar-refractivity contribution in [3.63, 3.8) is 0 Å². The molecule has 2 fully saturated rings. The van der Waals surface area contributed by atoms with E-state index in [1.54, 1.807) is 0 Å². The number of likely N-dealkylation sites (tertiary alicyclic amines) is 1. The third-order valence-electron chi connectivity index (χ3n) is 5.88. The first-order chi connectivity index (χ1) is 12.0. The minimum absolute atomic E-state index is 0.0846. The number of amides is 1. The highest BCUT2D eigenvalue weighted by Gasteiger charge is 2.36. The second kappa shape index (κ2) is 6.36. The Kier molecular flexibility index (Phi) is 4.18. The molecule has 2 heterocycles. The van der Waals surface area contributed by atoms with Crippen molar-refractivity contribution in [1.82, 2.24) is 14.9 Å². The third-order valence-corrected chi connectivity index (χ3v) is 5.88. The number of aromatic nitrogens is 2.